The van der Waals surface area contributed by atoms with Gasteiger partial charge in [0.2, 0.25) is 0 Å². The van der Waals surface area contributed by atoms with Crippen molar-refractivity contribution in [1.82, 2.24) is 5.32 Å². The molecular formula is C18H20N2. The summed E-state index contributed by atoms with van der Waals surface area (Å²) in [6.45, 7) is 5.06. The molecule has 0 fully saturated rings. The van der Waals surface area contributed by atoms with Crippen molar-refractivity contribution in [2.75, 3.05) is 0 Å². The largest absolute Gasteiger partial charge is 0.310 e. The van der Waals surface area contributed by atoms with Gasteiger partial charge in [-0.15, -0.1) is 0 Å². The number of hydrogen-bond acceptors (Lipinski definition) is 2. The highest BCUT2D eigenvalue weighted by atomic mass is 14.9. The Kier molecular flexibility index (Phi) is 4.92. The van der Waals surface area contributed by atoms with Crippen LogP contribution >= 0.6 is 0 Å². The first kappa shape index (κ1) is 14.3. The maximum Gasteiger partial charge on any atom is 0.0995 e. The first-order valence-corrected chi connectivity index (χ1v) is 6.96. The highest BCUT2D eigenvalue weighted by Gasteiger charge is 2.06. The molecule has 0 aliphatic heterocycles. The minimum absolute atomic E-state index is 0.378. The van der Waals surface area contributed by atoms with Gasteiger partial charge >= 0.3 is 0 Å². The second kappa shape index (κ2) is 6.88. The predicted molar refractivity (Wildman–Crippen MR) is 82.3 cm³/mol. The van der Waals surface area contributed by atoms with Gasteiger partial charge < -0.3 is 5.32 Å². The summed E-state index contributed by atoms with van der Waals surface area (Å²) in [7, 11) is 0. The van der Waals surface area contributed by atoms with E-state index in [1.165, 1.54) is 11.1 Å². The van der Waals surface area contributed by atoms with Gasteiger partial charge in [0, 0.05) is 12.6 Å². The standard InChI is InChI=1S/C18H20N2/c1-14-7-3-4-8-16(14)11-15(2)20-13-18-10-6-5-9-17(18)12-19/h3-10,15,20H,11,13H2,1-2H3. The van der Waals surface area contributed by atoms with Crippen LogP contribution in [0.2, 0.25) is 0 Å². The molecule has 0 radical (unpaired) electrons. The van der Waals surface area contributed by atoms with Crippen molar-refractivity contribution in [2.45, 2.75) is 32.9 Å². The second-order valence-corrected chi connectivity index (χ2v) is 5.18. The molecule has 2 nitrogen and oxygen atoms in total. The highest BCUT2D eigenvalue weighted by molar-refractivity contribution is 5.37. The van der Waals surface area contributed by atoms with Gasteiger partial charge in [0.05, 0.1) is 11.6 Å². The van der Waals surface area contributed by atoms with Crippen molar-refractivity contribution in [1.29, 1.82) is 5.26 Å². The summed E-state index contributed by atoms with van der Waals surface area (Å²) >= 11 is 0. The van der Waals surface area contributed by atoms with Crippen molar-refractivity contribution in [2.24, 2.45) is 0 Å². The van der Waals surface area contributed by atoms with Gasteiger partial charge in [-0.25, -0.2) is 0 Å². The van der Waals surface area contributed by atoms with E-state index in [1.807, 2.05) is 24.3 Å². The lowest BCUT2D eigenvalue weighted by Crippen LogP contribution is -2.28. The van der Waals surface area contributed by atoms with Crippen LogP contribution in [0.25, 0.3) is 0 Å². The van der Waals surface area contributed by atoms with E-state index in [1.54, 1.807) is 0 Å². The van der Waals surface area contributed by atoms with Crippen LogP contribution in [0.3, 0.4) is 0 Å². The summed E-state index contributed by atoms with van der Waals surface area (Å²) in [6, 6.07) is 18.8. The normalized spacial score (nSPS) is 11.8. The summed E-state index contributed by atoms with van der Waals surface area (Å²) in [6.07, 6.45) is 1.00. The Hall–Kier alpha value is -2.11. The molecule has 0 spiro atoms. The molecule has 0 aliphatic rings. The quantitative estimate of drug-likeness (QED) is 0.896. The highest BCUT2D eigenvalue weighted by Crippen LogP contribution is 2.11. The van der Waals surface area contributed by atoms with E-state index >= 15 is 0 Å². The first-order valence-electron chi connectivity index (χ1n) is 6.96. The molecule has 0 saturated heterocycles. The Bertz CT molecular complexity index is 611. The third kappa shape index (κ3) is 3.69. The lowest BCUT2D eigenvalue weighted by molar-refractivity contribution is 0.544. The lowest BCUT2D eigenvalue weighted by atomic mass is 10.0. The molecule has 2 aromatic carbocycles. The number of nitrogens with one attached hydrogen (secondary N) is 1. The van der Waals surface area contributed by atoms with E-state index in [4.69, 9.17) is 5.26 Å². The van der Waals surface area contributed by atoms with E-state index in [0.29, 0.717) is 6.04 Å². The molecule has 1 N–H and O–H groups in total. The maximum atomic E-state index is 9.08. The molecule has 0 aliphatic carbocycles. The van der Waals surface area contributed by atoms with Crippen molar-refractivity contribution < 1.29 is 0 Å². The minimum Gasteiger partial charge on any atom is -0.310 e. The molecule has 20 heavy (non-hydrogen) atoms. The van der Waals surface area contributed by atoms with Crippen LogP contribution in [-0.4, -0.2) is 6.04 Å². The van der Waals surface area contributed by atoms with E-state index in [-0.39, 0.29) is 0 Å². The van der Waals surface area contributed by atoms with Crippen molar-refractivity contribution in [3.8, 4) is 6.07 Å². The third-order valence-corrected chi connectivity index (χ3v) is 3.57. The Labute approximate surface area is 121 Å². The molecule has 102 valence electrons. The van der Waals surface area contributed by atoms with Crippen LogP contribution < -0.4 is 5.32 Å². The van der Waals surface area contributed by atoms with Crippen molar-refractivity contribution >= 4 is 0 Å². The molecule has 2 aromatic rings. The van der Waals surface area contributed by atoms with Gasteiger partial charge in [0.15, 0.2) is 0 Å². The molecule has 1 unspecified atom stereocenters. The van der Waals surface area contributed by atoms with E-state index in [9.17, 15) is 0 Å². The van der Waals surface area contributed by atoms with Crippen molar-refractivity contribution in [3.05, 3.63) is 70.8 Å². The summed E-state index contributed by atoms with van der Waals surface area (Å²) in [5.41, 5.74) is 4.52. The molecule has 0 saturated carbocycles. The monoisotopic (exact) mass is 264 g/mol. The maximum absolute atomic E-state index is 9.08. The molecule has 0 aromatic heterocycles. The minimum atomic E-state index is 0.378. The van der Waals surface area contributed by atoms with Crippen LogP contribution in [0, 0.1) is 18.3 Å². The Morgan fingerprint density at radius 1 is 1.05 bits per heavy atom. The summed E-state index contributed by atoms with van der Waals surface area (Å²) in [5, 5.41) is 12.6. The fourth-order valence-corrected chi connectivity index (χ4v) is 2.31. The van der Waals surface area contributed by atoms with Crippen LogP contribution in [-0.2, 0) is 13.0 Å². The zero-order chi connectivity index (χ0) is 14.4. The number of benzene rings is 2. The fraction of sp³-hybridized carbons (Fsp3) is 0.278. The summed E-state index contributed by atoms with van der Waals surface area (Å²) in [4.78, 5) is 0. The number of rotatable bonds is 5. The van der Waals surface area contributed by atoms with Gasteiger partial charge in [-0.1, -0.05) is 42.5 Å². The van der Waals surface area contributed by atoms with Crippen LogP contribution in [0.1, 0.15) is 29.2 Å². The Morgan fingerprint density at radius 2 is 1.70 bits per heavy atom. The molecule has 0 bridgehead atoms. The van der Waals surface area contributed by atoms with Gasteiger partial charge in [-0.2, -0.15) is 5.26 Å². The fourth-order valence-electron chi connectivity index (χ4n) is 2.31. The number of aryl methyl sites for hydroxylation is 1. The molecular weight excluding hydrogens is 244 g/mol. The number of nitrogens with zero attached hydrogens (tertiary/aromatic N) is 1. The number of nitriles is 1. The molecule has 1 atom stereocenters. The zero-order valence-corrected chi connectivity index (χ0v) is 12.1. The topological polar surface area (TPSA) is 35.8 Å². The van der Waals surface area contributed by atoms with E-state index < -0.39 is 0 Å². The Morgan fingerprint density at radius 3 is 2.40 bits per heavy atom. The van der Waals surface area contributed by atoms with E-state index in [2.05, 4.69) is 49.5 Å². The molecule has 0 amide bonds. The zero-order valence-electron chi connectivity index (χ0n) is 12.1. The van der Waals surface area contributed by atoms with Gasteiger partial charge in [0.25, 0.3) is 0 Å². The SMILES string of the molecule is Cc1ccccc1CC(C)NCc1ccccc1C#N. The third-order valence-electron chi connectivity index (χ3n) is 3.57. The number of hydrogen-bond donors (Lipinski definition) is 1. The van der Waals surface area contributed by atoms with Crippen molar-refractivity contribution in [3.63, 3.8) is 0 Å². The summed E-state index contributed by atoms with van der Waals surface area (Å²) < 4.78 is 0. The van der Waals surface area contributed by atoms with Gasteiger partial charge in [0.1, 0.15) is 0 Å². The van der Waals surface area contributed by atoms with Gasteiger partial charge in [-0.05, 0) is 43.0 Å². The van der Waals surface area contributed by atoms with Crippen LogP contribution in [0.5, 0.6) is 0 Å². The van der Waals surface area contributed by atoms with Crippen LogP contribution in [0.15, 0.2) is 48.5 Å². The predicted octanol–water partition coefficient (Wildman–Crippen LogP) is 3.59. The first-order chi connectivity index (χ1) is 9.70. The van der Waals surface area contributed by atoms with Gasteiger partial charge in [-0.3, -0.25) is 0 Å². The molecule has 0 heterocycles. The molecule has 2 rings (SSSR count). The summed E-state index contributed by atoms with van der Waals surface area (Å²) in [5.74, 6) is 0. The lowest BCUT2D eigenvalue weighted by Gasteiger charge is -2.16. The average Bonchev–Trinajstić information content (AvgIpc) is 2.48. The smallest absolute Gasteiger partial charge is 0.0995 e. The average molecular weight is 264 g/mol. The van der Waals surface area contributed by atoms with Crippen LogP contribution in [0.4, 0.5) is 0 Å². The van der Waals surface area contributed by atoms with E-state index in [0.717, 1.165) is 24.1 Å². The Balaban J connectivity index is 1.94. The molecule has 2 heteroatoms. The second-order valence-electron chi connectivity index (χ2n) is 5.18.